The molecule has 4 bridgehead atoms. The predicted molar refractivity (Wildman–Crippen MR) is 125 cm³/mol. The molecule has 1 aromatic carbocycles. The first-order chi connectivity index (χ1) is 16.0. The van der Waals surface area contributed by atoms with Crippen LogP contribution in [0.5, 0.6) is 0 Å². The van der Waals surface area contributed by atoms with Crippen molar-refractivity contribution in [3.05, 3.63) is 40.3 Å². The number of carbonyl (C=O) groups is 2. The summed E-state index contributed by atoms with van der Waals surface area (Å²) < 4.78 is 6.75. The number of ether oxygens (including phenoxy) is 1. The van der Waals surface area contributed by atoms with E-state index in [2.05, 4.69) is 17.3 Å². The van der Waals surface area contributed by atoms with E-state index in [1.165, 1.54) is 23.9 Å². The van der Waals surface area contributed by atoms with Gasteiger partial charge in [0, 0.05) is 17.5 Å². The maximum atomic E-state index is 12.9. The van der Waals surface area contributed by atoms with Crippen LogP contribution in [-0.4, -0.2) is 33.8 Å². The third-order valence-corrected chi connectivity index (χ3v) is 7.81. The largest absolute Gasteiger partial charge is 0.451 e. The van der Waals surface area contributed by atoms with E-state index >= 15 is 0 Å². The summed E-state index contributed by atoms with van der Waals surface area (Å²) in [4.78, 5) is 38.5. The smallest absolute Gasteiger partial charge is 0.359 e. The molecule has 1 amide bonds. The predicted octanol–water partition coefficient (Wildman–Crippen LogP) is 3.83. The third-order valence-electron chi connectivity index (χ3n) is 7.81. The summed E-state index contributed by atoms with van der Waals surface area (Å²) in [7, 11) is 0. The fourth-order valence-electron chi connectivity index (χ4n) is 6.84. The molecule has 0 atom stereocenters. The second kappa shape index (κ2) is 8.92. The summed E-state index contributed by atoms with van der Waals surface area (Å²) >= 11 is 0. The SMILES string of the molecule is CCCCCn1nc(C(=O)OCC(=O)NC23CC4CC(CC(C4)C2)C3)c2ccccc2c1=O. The average Bonchev–Trinajstić information content (AvgIpc) is 2.78. The molecule has 0 aliphatic heterocycles. The molecule has 7 nitrogen and oxygen atoms in total. The first-order valence-electron chi connectivity index (χ1n) is 12.4. The summed E-state index contributed by atoms with van der Waals surface area (Å²) in [5, 5.41) is 8.46. The van der Waals surface area contributed by atoms with Gasteiger partial charge in [0.25, 0.3) is 11.5 Å². The Morgan fingerprint density at radius 1 is 1.06 bits per heavy atom. The Balaban J connectivity index is 1.28. The van der Waals surface area contributed by atoms with Crippen LogP contribution in [0.25, 0.3) is 10.8 Å². The molecule has 4 aliphatic rings. The van der Waals surface area contributed by atoms with Gasteiger partial charge in [-0.15, -0.1) is 0 Å². The van der Waals surface area contributed by atoms with Gasteiger partial charge in [0.15, 0.2) is 12.3 Å². The molecule has 33 heavy (non-hydrogen) atoms. The van der Waals surface area contributed by atoms with Crippen LogP contribution in [0.15, 0.2) is 29.1 Å². The molecule has 1 N–H and O–H groups in total. The maximum absolute atomic E-state index is 12.9. The van der Waals surface area contributed by atoms with Crippen molar-refractivity contribution < 1.29 is 14.3 Å². The van der Waals surface area contributed by atoms with Crippen LogP contribution in [0, 0.1) is 17.8 Å². The number of amides is 1. The van der Waals surface area contributed by atoms with Crippen LogP contribution in [-0.2, 0) is 16.1 Å². The van der Waals surface area contributed by atoms with Crippen molar-refractivity contribution >= 4 is 22.6 Å². The fourth-order valence-corrected chi connectivity index (χ4v) is 6.84. The van der Waals surface area contributed by atoms with Gasteiger partial charge >= 0.3 is 5.97 Å². The molecular formula is C26H33N3O4. The summed E-state index contributed by atoms with van der Waals surface area (Å²) in [5.74, 6) is 1.26. The van der Waals surface area contributed by atoms with Crippen molar-refractivity contribution in [3.8, 4) is 0 Å². The van der Waals surface area contributed by atoms with Gasteiger partial charge < -0.3 is 10.1 Å². The lowest BCUT2D eigenvalue weighted by Gasteiger charge is -2.56. The number of nitrogens with zero attached hydrogens (tertiary/aromatic N) is 2. The van der Waals surface area contributed by atoms with Gasteiger partial charge in [-0.05, 0) is 68.8 Å². The molecule has 1 heterocycles. The molecule has 0 unspecified atom stereocenters. The summed E-state index contributed by atoms with van der Waals surface area (Å²) in [6.45, 7) is 2.21. The van der Waals surface area contributed by atoms with Gasteiger partial charge in [0.1, 0.15) is 0 Å². The Morgan fingerprint density at radius 2 is 1.70 bits per heavy atom. The summed E-state index contributed by atoms with van der Waals surface area (Å²) in [5.41, 5.74) is -0.238. The number of hydrogen-bond acceptors (Lipinski definition) is 5. The standard InChI is InChI=1S/C26H33N3O4/c1-2-3-6-9-29-24(31)21-8-5-4-7-20(21)23(28-29)25(32)33-16-22(30)27-26-13-17-10-18(14-26)12-19(11-17)15-26/h4-5,7-8,17-19H,2-3,6,9-16H2,1H3,(H,27,30). The number of unbranched alkanes of at least 4 members (excludes halogenated alkanes) is 2. The highest BCUT2D eigenvalue weighted by atomic mass is 16.5. The van der Waals surface area contributed by atoms with E-state index in [0.29, 0.717) is 17.3 Å². The highest BCUT2D eigenvalue weighted by Crippen LogP contribution is 2.55. The van der Waals surface area contributed by atoms with Gasteiger partial charge in [-0.1, -0.05) is 38.0 Å². The zero-order valence-electron chi connectivity index (χ0n) is 19.3. The Kier molecular flexibility index (Phi) is 5.97. The summed E-state index contributed by atoms with van der Waals surface area (Å²) in [6.07, 6.45) is 9.87. The number of esters is 1. The van der Waals surface area contributed by atoms with Crippen LogP contribution >= 0.6 is 0 Å². The normalized spacial score (nSPS) is 27.6. The summed E-state index contributed by atoms with van der Waals surface area (Å²) in [6, 6.07) is 6.94. The van der Waals surface area contributed by atoms with Gasteiger partial charge in [-0.25, -0.2) is 9.48 Å². The number of carbonyl (C=O) groups excluding carboxylic acids is 2. The second-order valence-corrected chi connectivity index (χ2v) is 10.5. The lowest BCUT2D eigenvalue weighted by molar-refractivity contribution is -0.130. The second-order valence-electron chi connectivity index (χ2n) is 10.5. The quantitative estimate of drug-likeness (QED) is 0.487. The fraction of sp³-hybridized carbons (Fsp3) is 0.615. The Hall–Kier alpha value is -2.70. The Bertz CT molecular complexity index is 1090. The van der Waals surface area contributed by atoms with Gasteiger partial charge in [0.2, 0.25) is 0 Å². The zero-order chi connectivity index (χ0) is 23.0. The molecule has 4 aliphatic carbocycles. The monoisotopic (exact) mass is 451 g/mol. The van der Waals surface area contributed by atoms with E-state index in [0.717, 1.165) is 56.3 Å². The molecule has 0 saturated heterocycles. The molecule has 0 radical (unpaired) electrons. The van der Waals surface area contributed by atoms with Gasteiger partial charge in [0.05, 0.1) is 5.39 Å². The minimum Gasteiger partial charge on any atom is -0.451 e. The van der Waals surface area contributed by atoms with Crippen molar-refractivity contribution in [2.75, 3.05) is 6.61 Å². The maximum Gasteiger partial charge on any atom is 0.359 e. The molecule has 1 aromatic heterocycles. The van der Waals surface area contributed by atoms with Crippen molar-refractivity contribution in [2.45, 2.75) is 76.8 Å². The molecule has 6 rings (SSSR count). The molecule has 4 saturated carbocycles. The van der Waals surface area contributed by atoms with Crippen molar-refractivity contribution in [1.29, 1.82) is 0 Å². The number of hydrogen-bond donors (Lipinski definition) is 1. The minimum absolute atomic E-state index is 0.0873. The number of aromatic nitrogens is 2. The zero-order valence-corrected chi connectivity index (χ0v) is 19.3. The lowest BCUT2D eigenvalue weighted by atomic mass is 9.53. The molecule has 2 aromatic rings. The highest BCUT2D eigenvalue weighted by molar-refractivity contribution is 6.02. The van der Waals surface area contributed by atoms with E-state index < -0.39 is 5.97 Å². The van der Waals surface area contributed by atoms with Gasteiger partial charge in [-0.2, -0.15) is 5.10 Å². The molecule has 0 spiro atoms. The highest BCUT2D eigenvalue weighted by Gasteiger charge is 2.51. The molecule has 4 fully saturated rings. The number of rotatable bonds is 8. The lowest BCUT2D eigenvalue weighted by Crippen LogP contribution is -2.60. The third kappa shape index (κ3) is 4.42. The van der Waals surface area contributed by atoms with Crippen LogP contribution < -0.4 is 10.9 Å². The van der Waals surface area contributed by atoms with E-state index in [9.17, 15) is 14.4 Å². The van der Waals surface area contributed by atoms with E-state index in [1.807, 2.05) is 0 Å². The Morgan fingerprint density at radius 3 is 2.33 bits per heavy atom. The average molecular weight is 452 g/mol. The van der Waals surface area contributed by atoms with Crippen LogP contribution in [0.3, 0.4) is 0 Å². The van der Waals surface area contributed by atoms with Crippen LogP contribution in [0.1, 0.15) is 75.2 Å². The van der Waals surface area contributed by atoms with Crippen LogP contribution in [0.2, 0.25) is 0 Å². The first kappa shape index (κ1) is 22.1. The first-order valence-corrected chi connectivity index (χ1v) is 12.4. The van der Waals surface area contributed by atoms with E-state index in [-0.39, 0.29) is 29.3 Å². The van der Waals surface area contributed by atoms with E-state index in [4.69, 9.17) is 4.74 Å². The number of benzene rings is 1. The van der Waals surface area contributed by atoms with Crippen LogP contribution in [0.4, 0.5) is 0 Å². The topological polar surface area (TPSA) is 90.3 Å². The Labute approximate surface area is 193 Å². The molecule has 7 heteroatoms. The van der Waals surface area contributed by atoms with Crippen molar-refractivity contribution in [1.82, 2.24) is 15.1 Å². The number of aryl methyl sites for hydroxylation is 1. The van der Waals surface area contributed by atoms with Crippen molar-refractivity contribution in [3.63, 3.8) is 0 Å². The molecular weight excluding hydrogens is 418 g/mol. The number of nitrogens with one attached hydrogen (secondary N) is 1. The van der Waals surface area contributed by atoms with Gasteiger partial charge in [-0.3, -0.25) is 9.59 Å². The molecule has 176 valence electrons. The minimum atomic E-state index is -0.670. The number of fused-ring (bicyclic) bond motifs is 1. The van der Waals surface area contributed by atoms with E-state index in [1.54, 1.807) is 24.3 Å². The van der Waals surface area contributed by atoms with Crippen molar-refractivity contribution in [2.24, 2.45) is 17.8 Å².